The molecule has 1 rings (SSSR count). The van der Waals surface area contributed by atoms with E-state index in [0.717, 1.165) is 0 Å². The number of nitrogens with zero attached hydrogens (tertiary/aromatic N) is 1. The molecule has 2 amide bonds. The van der Waals surface area contributed by atoms with Crippen LogP contribution in [0.4, 0.5) is 0 Å². The van der Waals surface area contributed by atoms with Crippen molar-refractivity contribution in [1.29, 1.82) is 0 Å². The Morgan fingerprint density at radius 3 is 2.31 bits per heavy atom. The first kappa shape index (κ1) is 12.2. The standard InChI is InChI=1S/C10H16N4O2/c1-5-7(6(2)14-13-5)8(15)12-10(3,4)9(11)16/h1-4H3,(H2,11,16)(H,12,15)(H,13,14). The lowest BCUT2D eigenvalue weighted by Gasteiger charge is -2.22. The van der Waals surface area contributed by atoms with Crippen LogP contribution in [-0.4, -0.2) is 27.6 Å². The maximum atomic E-state index is 11.9. The van der Waals surface area contributed by atoms with Crippen LogP contribution in [-0.2, 0) is 4.79 Å². The third kappa shape index (κ3) is 2.21. The van der Waals surface area contributed by atoms with Gasteiger partial charge in [-0.25, -0.2) is 0 Å². The van der Waals surface area contributed by atoms with Crippen LogP contribution in [0.2, 0.25) is 0 Å². The van der Waals surface area contributed by atoms with Crippen LogP contribution in [0.3, 0.4) is 0 Å². The predicted molar refractivity (Wildman–Crippen MR) is 58.8 cm³/mol. The van der Waals surface area contributed by atoms with E-state index in [0.29, 0.717) is 17.0 Å². The fraction of sp³-hybridized carbons (Fsp3) is 0.500. The Kier molecular flexibility index (Phi) is 3.02. The molecule has 0 saturated carbocycles. The second-order valence-electron chi connectivity index (χ2n) is 4.25. The minimum Gasteiger partial charge on any atom is -0.368 e. The SMILES string of the molecule is Cc1n[nH]c(C)c1C(=O)NC(C)(C)C(N)=O. The number of carbonyl (C=O) groups is 2. The number of amides is 2. The lowest BCUT2D eigenvalue weighted by molar-refractivity contribution is -0.122. The third-order valence-corrected chi connectivity index (χ3v) is 2.40. The van der Waals surface area contributed by atoms with Gasteiger partial charge in [0.2, 0.25) is 5.91 Å². The lowest BCUT2D eigenvalue weighted by atomic mass is 10.0. The van der Waals surface area contributed by atoms with E-state index in [4.69, 9.17) is 5.73 Å². The Morgan fingerprint density at radius 2 is 1.94 bits per heavy atom. The average molecular weight is 224 g/mol. The van der Waals surface area contributed by atoms with Gasteiger partial charge in [-0.1, -0.05) is 0 Å². The number of carbonyl (C=O) groups excluding carboxylic acids is 2. The van der Waals surface area contributed by atoms with E-state index >= 15 is 0 Å². The van der Waals surface area contributed by atoms with Crippen molar-refractivity contribution in [2.45, 2.75) is 33.2 Å². The fourth-order valence-corrected chi connectivity index (χ4v) is 1.29. The molecule has 6 heteroatoms. The van der Waals surface area contributed by atoms with Gasteiger partial charge in [-0.3, -0.25) is 14.7 Å². The van der Waals surface area contributed by atoms with E-state index in [2.05, 4.69) is 15.5 Å². The summed E-state index contributed by atoms with van der Waals surface area (Å²) < 4.78 is 0. The van der Waals surface area contributed by atoms with E-state index < -0.39 is 11.4 Å². The molecule has 0 saturated heterocycles. The van der Waals surface area contributed by atoms with Gasteiger partial charge < -0.3 is 11.1 Å². The predicted octanol–water partition coefficient (Wildman–Crippen LogP) is 0.0202. The number of H-pyrrole nitrogens is 1. The molecule has 0 aliphatic heterocycles. The van der Waals surface area contributed by atoms with Gasteiger partial charge in [0.05, 0.1) is 11.3 Å². The molecule has 0 aromatic carbocycles. The van der Waals surface area contributed by atoms with Crippen molar-refractivity contribution < 1.29 is 9.59 Å². The number of hydrogen-bond acceptors (Lipinski definition) is 3. The molecule has 0 unspecified atom stereocenters. The number of rotatable bonds is 3. The minimum absolute atomic E-state index is 0.354. The van der Waals surface area contributed by atoms with Crippen molar-refractivity contribution in [3.8, 4) is 0 Å². The largest absolute Gasteiger partial charge is 0.368 e. The van der Waals surface area contributed by atoms with Crippen LogP contribution < -0.4 is 11.1 Å². The first-order valence-electron chi connectivity index (χ1n) is 4.89. The van der Waals surface area contributed by atoms with Crippen molar-refractivity contribution in [2.75, 3.05) is 0 Å². The Hall–Kier alpha value is -1.85. The van der Waals surface area contributed by atoms with Crippen molar-refractivity contribution in [2.24, 2.45) is 5.73 Å². The highest BCUT2D eigenvalue weighted by atomic mass is 16.2. The Bertz CT molecular complexity index is 415. The molecule has 0 aliphatic rings. The van der Waals surface area contributed by atoms with Crippen molar-refractivity contribution in [3.05, 3.63) is 17.0 Å². The van der Waals surface area contributed by atoms with E-state index in [-0.39, 0.29) is 5.91 Å². The molecule has 0 fully saturated rings. The van der Waals surface area contributed by atoms with Gasteiger partial charge in [-0.2, -0.15) is 5.10 Å². The van der Waals surface area contributed by atoms with Crippen LogP contribution >= 0.6 is 0 Å². The number of nitrogens with two attached hydrogens (primary N) is 1. The Labute approximate surface area is 93.6 Å². The van der Waals surface area contributed by atoms with Crippen LogP contribution in [0, 0.1) is 13.8 Å². The van der Waals surface area contributed by atoms with Gasteiger partial charge >= 0.3 is 0 Å². The van der Waals surface area contributed by atoms with Gasteiger partial charge in [0.25, 0.3) is 5.91 Å². The second-order valence-corrected chi connectivity index (χ2v) is 4.25. The summed E-state index contributed by atoms with van der Waals surface area (Å²) in [6.45, 7) is 6.57. The molecular weight excluding hydrogens is 208 g/mol. The van der Waals surface area contributed by atoms with E-state index in [1.54, 1.807) is 27.7 Å². The van der Waals surface area contributed by atoms with E-state index in [1.165, 1.54) is 0 Å². The first-order chi connectivity index (χ1) is 7.25. The number of primary amides is 1. The molecule has 0 aliphatic carbocycles. The molecule has 1 heterocycles. The number of hydrogen-bond donors (Lipinski definition) is 3. The number of aromatic nitrogens is 2. The number of aromatic amines is 1. The Morgan fingerprint density at radius 1 is 1.38 bits per heavy atom. The molecule has 0 bridgehead atoms. The second kappa shape index (κ2) is 3.96. The summed E-state index contributed by atoms with van der Waals surface area (Å²) in [5.74, 6) is -0.938. The summed E-state index contributed by atoms with van der Waals surface area (Å²) in [4.78, 5) is 23.0. The summed E-state index contributed by atoms with van der Waals surface area (Å²) >= 11 is 0. The molecule has 4 N–H and O–H groups in total. The zero-order valence-electron chi connectivity index (χ0n) is 9.84. The smallest absolute Gasteiger partial charge is 0.255 e. The van der Waals surface area contributed by atoms with Crippen LogP contribution in [0.5, 0.6) is 0 Å². The highest BCUT2D eigenvalue weighted by molar-refractivity contribution is 6.00. The topological polar surface area (TPSA) is 101 Å². The molecule has 6 nitrogen and oxygen atoms in total. The highest BCUT2D eigenvalue weighted by Gasteiger charge is 2.29. The van der Waals surface area contributed by atoms with Gasteiger partial charge in [0.15, 0.2) is 0 Å². The van der Waals surface area contributed by atoms with Crippen molar-refractivity contribution in [3.63, 3.8) is 0 Å². The Balaban J connectivity index is 2.93. The molecule has 1 aromatic heterocycles. The van der Waals surface area contributed by atoms with Crippen molar-refractivity contribution in [1.82, 2.24) is 15.5 Å². The minimum atomic E-state index is -1.08. The highest BCUT2D eigenvalue weighted by Crippen LogP contribution is 2.11. The number of nitrogens with one attached hydrogen (secondary N) is 2. The maximum absolute atomic E-state index is 11.9. The molecule has 1 aromatic rings. The fourth-order valence-electron chi connectivity index (χ4n) is 1.29. The van der Waals surface area contributed by atoms with Gasteiger partial charge in [0.1, 0.15) is 5.54 Å². The van der Waals surface area contributed by atoms with Crippen LogP contribution in [0.1, 0.15) is 35.6 Å². The molecule has 0 radical (unpaired) electrons. The quantitative estimate of drug-likeness (QED) is 0.674. The summed E-state index contributed by atoms with van der Waals surface area (Å²) in [6.07, 6.45) is 0. The average Bonchev–Trinajstić information content (AvgIpc) is 2.44. The normalized spacial score (nSPS) is 11.2. The van der Waals surface area contributed by atoms with Crippen molar-refractivity contribution >= 4 is 11.8 Å². The molecule has 0 atom stereocenters. The molecule has 16 heavy (non-hydrogen) atoms. The van der Waals surface area contributed by atoms with Gasteiger partial charge in [0, 0.05) is 5.69 Å². The van der Waals surface area contributed by atoms with Gasteiger partial charge in [-0.15, -0.1) is 0 Å². The summed E-state index contributed by atoms with van der Waals surface area (Å²) in [6, 6.07) is 0. The number of aryl methyl sites for hydroxylation is 2. The maximum Gasteiger partial charge on any atom is 0.255 e. The van der Waals surface area contributed by atoms with E-state index in [9.17, 15) is 9.59 Å². The third-order valence-electron chi connectivity index (χ3n) is 2.40. The molecular formula is C10H16N4O2. The first-order valence-corrected chi connectivity index (χ1v) is 4.89. The molecule has 88 valence electrons. The van der Waals surface area contributed by atoms with E-state index in [1.807, 2.05) is 0 Å². The molecule has 0 spiro atoms. The lowest BCUT2D eigenvalue weighted by Crippen LogP contribution is -2.53. The monoisotopic (exact) mass is 224 g/mol. The zero-order chi connectivity index (χ0) is 12.5. The zero-order valence-corrected chi connectivity index (χ0v) is 9.84. The summed E-state index contributed by atoms with van der Waals surface area (Å²) in [7, 11) is 0. The summed E-state index contributed by atoms with van der Waals surface area (Å²) in [5, 5.41) is 9.18. The van der Waals surface area contributed by atoms with Gasteiger partial charge in [-0.05, 0) is 27.7 Å². The van der Waals surface area contributed by atoms with Crippen LogP contribution in [0.25, 0.3) is 0 Å². The van der Waals surface area contributed by atoms with Crippen LogP contribution in [0.15, 0.2) is 0 Å². The summed E-state index contributed by atoms with van der Waals surface area (Å²) in [5.41, 5.74) is 5.80.